The number of hydrogen-bond donors (Lipinski definition) is 1. The molecule has 1 aromatic heterocycles. The van der Waals surface area contributed by atoms with E-state index in [1.165, 1.54) is 0 Å². The lowest BCUT2D eigenvalue weighted by Gasteiger charge is -2.14. The Hall–Kier alpha value is -3.89. The van der Waals surface area contributed by atoms with E-state index in [1.54, 1.807) is 0 Å². The van der Waals surface area contributed by atoms with Gasteiger partial charge in [-0.3, -0.25) is 0 Å². The molecule has 4 nitrogen and oxygen atoms in total. The second-order valence-corrected chi connectivity index (χ2v) is 7.75. The summed E-state index contributed by atoms with van der Waals surface area (Å²) in [5.74, 6) is 1.46. The largest absolute Gasteiger partial charge is 0.485 e. The summed E-state index contributed by atoms with van der Waals surface area (Å²) >= 11 is 0. The Kier molecular flexibility index (Phi) is 7.88. The Labute approximate surface area is 195 Å². The van der Waals surface area contributed by atoms with Crippen molar-refractivity contribution in [3.8, 4) is 11.5 Å². The van der Waals surface area contributed by atoms with Crippen molar-refractivity contribution >= 4 is 12.2 Å². The molecule has 33 heavy (non-hydrogen) atoms. The zero-order valence-corrected chi connectivity index (χ0v) is 18.6. The van der Waals surface area contributed by atoms with Gasteiger partial charge < -0.3 is 15.2 Å². The minimum Gasteiger partial charge on any atom is -0.485 e. The van der Waals surface area contributed by atoms with Crippen LogP contribution >= 0.6 is 0 Å². The molecule has 0 radical (unpaired) electrons. The molecule has 4 rings (SSSR count). The fraction of sp³-hybridized carbons (Fsp3) is 0.138. The number of pyridine rings is 1. The van der Waals surface area contributed by atoms with E-state index >= 15 is 0 Å². The Morgan fingerprint density at radius 3 is 1.82 bits per heavy atom. The van der Waals surface area contributed by atoms with E-state index in [9.17, 15) is 0 Å². The van der Waals surface area contributed by atoms with Crippen LogP contribution in [0.1, 0.15) is 22.3 Å². The van der Waals surface area contributed by atoms with Crippen LogP contribution in [0.25, 0.3) is 12.2 Å². The molecule has 4 heteroatoms. The van der Waals surface area contributed by atoms with Crippen LogP contribution in [0.5, 0.6) is 11.5 Å². The Bertz CT molecular complexity index is 1160. The maximum Gasteiger partial charge on any atom is 0.169 e. The molecule has 0 saturated carbocycles. The fourth-order valence-electron chi connectivity index (χ4n) is 3.40. The van der Waals surface area contributed by atoms with Gasteiger partial charge >= 0.3 is 0 Å². The smallest absolute Gasteiger partial charge is 0.169 e. The second kappa shape index (κ2) is 11.7. The molecule has 0 unspecified atom stereocenters. The van der Waals surface area contributed by atoms with E-state index in [2.05, 4.69) is 53.1 Å². The lowest BCUT2D eigenvalue weighted by atomic mass is 10.1. The van der Waals surface area contributed by atoms with Crippen LogP contribution in [0, 0.1) is 0 Å². The van der Waals surface area contributed by atoms with Crippen molar-refractivity contribution in [1.29, 1.82) is 0 Å². The van der Waals surface area contributed by atoms with Gasteiger partial charge in [-0.25, -0.2) is 4.57 Å². The monoisotopic (exact) mass is 437 g/mol. The van der Waals surface area contributed by atoms with E-state index in [1.807, 2.05) is 67.0 Å². The van der Waals surface area contributed by atoms with Crippen LogP contribution in [0.2, 0.25) is 0 Å². The summed E-state index contributed by atoms with van der Waals surface area (Å²) in [5.41, 5.74) is 10.0. The van der Waals surface area contributed by atoms with Gasteiger partial charge in [-0.2, -0.15) is 0 Å². The molecular weight excluding hydrogens is 408 g/mol. The zero-order valence-electron chi connectivity index (χ0n) is 18.6. The molecule has 166 valence electrons. The van der Waals surface area contributed by atoms with Crippen molar-refractivity contribution in [2.45, 2.75) is 19.8 Å². The highest BCUT2D eigenvalue weighted by molar-refractivity contribution is 5.70. The first-order valence-corrected chi connectivity index (χ1v) is 11.1. The summed E-state index contributed by atoms with van der Waals surface area (Å²) in [6, 6.07) is 30.5. The van der Waals surface area contributed by atoms with Gasteiger partial charge in [0.1, 0.15) is 13.2 Å². The number of hydrogen-bond acceptors (Lipinski definition) is 3. The summed E-state index contributed by atoms with van der Waals surface area (Å²) in [4.78, 5) is 0. The van der Waals surface area contributed by atoms with Crippen LogP contribution in [0.4, 0.5) is 0 Å². The molecule has 0 amide bonds. The van der Waals surface area contributed by atoms with Gasteiger partial charge in [0.2, 0.25) is 0 Å². The van der Waals surface area contributed by atoms with Crippen LogP contribution in [-0.2, 0) is 19.8 Å². The number of ether oxygens (including phenoxy) is 2. The number of benzene rings is 3. The molecule has 0 bridgehead atoms. The first-order chi connectivity index (χ1) is 16.3. The van der Waals surface area contributed by atoms with E-state index in [4.69, 9.17) is 15.2 Å². The first-order valence-electron chi connectivity index (χ1n) is 11.1. The molecule has 0 aliphatic carbocycles. The van der Waals surface area contributed by atoms with E-state index < -0.39 is 0 Å². The maximum atomic E-state index is 6.17. The van der Waals surface area contributed by atoms with Crippen LogP contribution in [0.3, 0.4) is 0 Å². The third-order valence-corrected chi connectivity index (χ3v) is 5.21. The van der Waals surface area contributed by atoms with Crippen LogP contribution in [-0.4, -0.2) is 6.54 Å². The van der Waals surface area contributed by atoms with Crippen LogP contribution in [0.15, 0.2) is 103 Å². The molecule has 0 fully saturated rings. The number of aromatic nitrogens is 1. The molecule has 1 heterocycles. The summed E-state index contributed by atoms with van der Waals surface area (Å²) in [5, 5.41) is 0. The third-order valence-electron chi connectivity index (χ3n) is 5.21. The predicted octanol–water partition coefficient (Wildman–Crippen LogP) is 5.26. The molecule has 0 atom stereocenters. The highest BCUT2D eigenvalue weighted by atomic mass is 16.5. The van der Waals surface area contributed by atoms with Gasteiger partial charge in [-0.05, 0) is 34.4 Å². The fourth-order valence-corrected chi connectivity index (χ4v) is 3.40. The number of nitrogens with two attached hydrogens (primary N) is 1. The molecular formula is C29H29N2O2+. The highest BCUT2D eigenvalue weighted by Gasteiger charge is 2.08. The maximum absolute atomic E-state index is 6.17. The molecule has 4 aromatic rings. The Morgan fingerprint density at radius 2 is 1.21 bits per heavy atom. The van der Waals surface area contributed by atoms with E-state index in [0.717, 1.165) is 40.3 Å². The standard InChI is InChI=1S/C29H29N2O2/c30-17-20-31-18-15-24(16-19-31)11-12-25-13-14-28(32-22-26-7-3-1-4-8-26)29(21-25)33-23-27-9-5-2-6-10-27/h1-16,18-19,21H,17,20,22-23,30H2/q+1/b12-11+. The SMILES string of the molecule is NCC[n+]1ccc(/C=C/c2ccc(OCc3ccccc3)c(OCc3ccccc3)c2)cc1. The predicted molar refractivity (Wildman–Crippen MR) is 133 cm³/mol. The lowest BCUT2D eigenvalue weighted by Crippen LogP contribution is -2.36. The number of nitrogens with zero attached hydrogens (tertiary/aromatic N) is 1. The molecule has 2 N–H and O–H groups in total. The molecule has 3 aromatic carbocycles. The Balaban J connectivity index is 1.51. The van der Waals surface area contributed by atoms with Crippen molar-refractivity contribution in [3.05, 3.63) is 126 Å². The van der Waals surface area contributed by atoms with Crippen LogP contribution < -0.4 is 19.8 Å². The van der Waals surface area contributed by atoms with Gasteiger partial charge in [0.25, 0.3) is 0 Å². The van der Waals surface area contributed by atoms with Crippen molar-refractivity contribution in [1.82, 2.24) is 0 Å². The molecule has 0 saturated heterocycles. The topological polar surface area (TPSA) is 48.4 Å². The first kappa shape index (κ1) is 22.3. The molecule has 0 aliphatic rings. The van der Waals surface area contributed by atoms with Gasteiger partial charge in [-0.1, -0.05) is 78.9 Å². The summed E-state index contributed by atoms with van der Waals surface area (Å²) in [6.45, 7) is 2.42. The lowest BCUT2D eigenvalue weighted by molar-refractivity contribution is -0.694. The van der Waals surface area contributed by atoms with Crippen molar-refractivity contribution in [2.24, 2.45) is 5.73 Å². The average Bonchev–Trinajstić information content (AvgIpc) is 2.88. The molecule has 0 spiro atoms. The second-order valence-electron chi connectivity index (χ2n) is 7.75. The average molecular weight is 438 g/mol. The normalized spacial score (nSPS) is 10.9. The van der Waals surface area contributed by atoms with Crippen molar-refractivity contribution < 1.29 is 14.0 Å². The molecule has 0 aliphatic heterocycles. The Morgan fingerprint density at radius 1 is 0.636 bits per heavy atom. The third kappa shape index (κ3) is 6.79. The van der Waals surface area contributed by atoms with Gasteiger partial charge in [0.05, 0.1) is 6.54 Å². The van der Waals surface area contributed by atoms with Gasteiger partial charge in [-0.15, -0.1) is 0 Å². The van der Waals surface area contributed by atoms with Crippen molar-refractivity contribution in [2.75, 3.05) is 6.54 Å². The van der Waals surface area contributed by atoms with E-state index in [-0.39, 0.29) is 0 Å². The minimum atomic E-state index is 0.482. The van der Waals surface area contributed by atoms with Gasteiger partial charge in [0, 0.05) is 12.1 Å². The highest BCUT2D eigenvalue weighted by Crippen LogP contribution is 2.31. The quantitative estimate of drug-likeness (QED) is 0.344. The summed E-state index contributed by atoms with van der Waals surface area (Å²) < 4.78 is 14.4. The minimum absolute atomic E-state index is 0.482. The summed E-state index contributed by atoms with van der Waals surface area (Å²) in [7, 11) is 0. The van der Waals surface area contributed by atoms with Gasteiger partial charge in [0.15, 0.2) is 30.4 Å². The van der Waals surface area contributed by atoms with E-state index in [0.29, 0.717) is 19.8 Å². The number of rotatable bonds is 10. The zero-order chi connectivity index (χ0) is 22.7. The van der Waals surface area contributed by atoms with Crippen molar-refractivity contribution in [3.63, 3.8) is 0 Å². The summed E-state index contributed by atoms with van der Waals surface area (Å²) in [6.07, 6.45) is 8.26.